The molecular formula is C12H22N2O. The van der Waals surface area contributed by atoms with Gasteiger partial charge in [-0.2, -0.15) is 0 Å². The second kappa shape index (κ2) is 6.64. The summed E-state index contributed by atoms with van der Waals surface area (Å²) in [6.45, 7) is 8.15. The van der Waals surface area contributed by atoms with E-state index >= 15 is 0 Å². The lowest BCUT2D eigenvalue weighted by molar-refractivity contribution is 0.158. The number of methoxy groups -OCH3 is 1. The van der Waals surface area contributed by atoms with Crippen LogP contribution in [0.5, 0.6) is 0 Å². The summed E-state index contributed by atoms with van der Waals surface area (Å²) in [4.78, 5) is 0. The van der Waals surface area contributed by atoms with Crippen LogP contribution in [0.2, 0.25) is 0 Å². The van der Waals surface area contributed by atoms with Crippen molar-refractivity contribution in [3.05, 3.63) is 24.0 Å². The van der Waals surface area contributed by atoms with Gasteiger partial charge in [0, 0.05) is 45.7 Å². The van der Waals surface area contributed by atoms with Gasteiger partial charge in [0.15, 0.2) is 0 Å². The van der Waals surface area contributed by atoms with Gasteiger partial charge in [0.1, 0.15) is 0 Å². The number of hydrogen-bond acceptors (Lipinski definition) is 2. The summed E-state index contributed by atoms with van der Waals surface area (Å²) >= 11 is 0. The number of aromatic nitrogens is 1. The van der Waals surface area contributed by atoms with E-state index in [1.807, 2.05) is 0 Å². The predicted molar refractivity (Wildman–Crippen MR) is 62.9 cm³/mol. The first kappa shape index (κ1) is 12.3. The summed E-state index contributed by atoms with van der Waals surface area (Å²) < 4.78 is 7.27. The van der Waals surface area contributed by atoms with E-state index in [0.717, 1.165) is 26.2 Å². The van der Waals surface area contributed by atoms with Crippen molar-refractivity contribution in [2.75, 3.05) is 20.3 Å². The summed E-state index contributed by atoms with van der Waals surface area (Å²) in [6, 6.07) is 2.16. The molecule has 0 fully saturated rings. The molecule has 0 aliphatic rings. The van der Waals surface area contributed by atoms with E-state index in [1.54, 1.807) is 7.11 Å². The lowest BCUT2D eigenvalue weighted by atomic mass is 10.2. The number of ether oxygens (including phenoxy) is 1. The SMILES string of the molecule is CCn1ccc(CNCC(C)COC)c1. The molecule has 0 aromatic carbocycles. The van der Waals surface area contributed by atoms with E-state index < -0.39 is 0 Å². The van der Waals surface area contributed by atoms with Crippen molar-refractivity contribution in [2.45, 2.75) is 26.9 Å². The van der Waals surface area contributed by atoms with Crippen LogP contribution in [-0.2, 0) is 17.8 Å². The van der Waals surface area contributed by atoms with Crippen LogP contribution in [0, 0.1) is 5.92 Å². The zero-order valence-electron chi connectivity index (χ0n) is 9.99. The summed E-state index contributed by atoms with van der Waals surface area (Å²) in [5.41, 5.74) is 1.35. The highest BCUT2D eigenvalue weighted by Gasteiger charge is 2.01. The molecule has 1 rings (SSSR count). The summed E-state index contributed by atoms with van der Waals surface area (Å²) in [5.74, 6) is 0.572. The first-order valence-corrected chi connectivity index (χ1v) is 5.60. The third-order valence-electron chi connectivity index (χ3n) is 2.45. The fraction of sp³-hybridized carbons (Fsp3) is 0.667. The highest BCUT2D eigenvalue weighted by atomic mass is 16.5. The van der Waals surface area contributed by atoms with Crippen molar-refractivity contribution in [1.82, 2.24) is 9.88 Å². The summed E-state index contributed by atoms with van der Waals surface area (Å²) in [6.07, 6.45) is 4.31. The molecule has 3 heteroatoms. The van der Waals surface area contributed by atoms with E-state index in [1.165, 1.54) is 5.56 Å². The first-order chi connectivity index (χ1) is 7.26. The van der Waals surface area contributed by atoms with Crippen molar-refractivity contribution in [1.29, 1.82) is 0 Å². The van der Waals surface area contributed by atoms with Gasteiger partial charge in [0.05, 0.1) is 0 Å². The lowest BCUT2D eigenvalue weighted by Crippen LogP contribution is -2.23. The molecule has 0 saturated carbocycles. The smallest absolute Gasteiger partial charge is 0.0499 e. The lowest BCUT2D eigenvalue weighted by Gasteiger charge is -2.10. The van der Waals surface area contributed by atoms with Crippen LogP contribution in [0.3, 0.4) is 0 Å². The van der Waals surface area contributed by atoms with Gasteiger partial charge >= 0.3 is 0 Å². The molecule has 1 heterocycles. The molecule has 0 saturated heterocycles. The van der Waals surface area contributed by atoms with Crippen molar-refractivity contribution in [2.24, 2.45) is 5.92 Å². The second-order valence-electron chi connectivity index (χ2n) is 4.04. The Kier molecular flexibility index (Phi) is 5.43. The molecule has 3 nitrogen and oxygen atoms in total. The fourth-order valence-corrected chi connectivity index (χ4v) is 1.60. The molecule has 1 atom stereocenters. The molecule has 1 aromatic heterocycles. The minimum Gasteiger partial charge on any atom is -0.384 e. The molecule has 86 valence electrons. The molecule has 0 aliphatic carbocycles. The Balaban J connectivity index is 2.19. The van der Waals surface area contributed by atoms with Crippen molar-refractivity contribution in [3.8, 4) is 0 Å². The molecule has 15 heavy (non-hydrogen) atoms. The molecule has 0 aliphatic heterocycles. The van der Waals surface area contributed by atoms with Crippen LogP contribution in [0.1, 0.15) is 19.4 Å². The molecule has 0 amide bonds. The van der Waals surface area contributed by atoms with E-state index in [2.05, 4.69) is 42.2 Å². The normalized spacial score (nSPS) is 13.0. The van der Waals surface area contributed by atoms with E-state index in [0.29, 0.717) is 5.92 Å². The van der Waals surface area contributed by atoms with Gasteiger partial charge in [-0.25, -0.2) is 0 Å². The molecule has 1 unspecified atom stereocenters. The van der Waals surface area contributed by atoms with E-state index in [4.69, 9.17) is 4.74 Å². The van der Waals surface area contributed by atoms with Gasteiger partial charge in [-0.05, 0) is 24.5 Å². The Morgan fingerprint density at radius 1 is 1.53 bits per heavy atom. The number of rotatable bonds is 7. The van der Waals surface area contributed by atoms with Gasteiger partial charge in [0.25, 0.3) is 0 Å². The quantitative estimate of drug-likeness (QED) is 0.743. The summed E-state index contributed by atoms with van der Waals surface area (Å²) in [5, 5.41) is 3.43. The van der Waals surface area contributed by atoms with Crippen molar-refractivity contribution >= 4 is 0 Å². The zero-order chi connectivity index (χ0) is 11.1. The minimum atomic E-state index is 0.572. The number of nitrogens with zero attached hydrogens (tertiary/aromatic N) is 1. The Labute approximate surface area is 92.4 Å². The standard InChI is InChI=1S/C12H22N2O/c1-4-14-6-5-12(9-14)8-13-7-11(2)10-15-3/h5-6,9,11,13H,4,7-8,10H2,1-3H3. The van der Waals surface area contributed by atoms with Gasteiger partial charge in [-0.15, -0.1) is 0 Å². The first-order valence-electron chi connectivity index (χ1n) is 5.60. The maximum absolute atomic E-state index is 5.08. The van der Waals surface area contributed by atoms with Crippen LogP contribution in [0.25, 0.3) is 0 Å². The third kappa shape index (κ3) is 4.49. The van der Waals surface area contributed by atoms with Gasteiger partial charge in [-0.3, -0.25) is 0 Å². The largest absolute Gasteiger partial charge is 0.384 e. The zero-order valence-corrected chi connectivity index (χ0v) is 9.99. The number of nitrogens with one attached hydrogen (secondary N) is 1. The molecular weight excluding hydrogens is 188 g/mol. The molecule has 1 aromatic rings. The molecule has 0 bridgehead atoms. The van der Waals surface area contributed by atoms with Crippen LogP contribution < -0.4 is 5.32 Å². The maximum Gasteiger partial charge on any atom is 0.0499 e. The maximum atomic E-state index is 5.08. The molecule has 0 spiro atoms. The topological polar surface area (TPSA) is 26.2 Å². The highest BCUT2D eigenvalue weighted by molar-refractivity contribution is 5.09. The monoisotopic (exact) mass is 210 g/mol. The number of aryl methyl sites for hydroxylation is 1. The van der Waals surface area contributed by atoms with Crippen LogP contribution in [-0.4, -0.2) is 24.8 Å². The Morgan fingerprint density at radius 2 is 2.33 bits per heavy atom. The van der Waals surface area contributed by atoms with Gasteiger partial charge in [0.2, 0.25) is 0 Å². The third-order valence-corrected chi connectivity index (χ3v) is 2.45. The fourth-order valence-electron chi connectivity index (χ4n) is 1.60. The average molecular weight is 210 g/mol. The minimum absolute atomic E-state index is 0.572. The molecule has 0 radical (unpaired) electrons. The predicted octanol–water partition coefficient (Wildman–Crippen LogP) is 1.88. The van der Waals surface area contributed by atoms with Crippen LogP contribution in [0.15, 0.2) is 18.5 Å². The van der Waals surface area contributed by atoms with Crippen molar-refractivity contribution in [3.63, 3.8) is 0 Å². The average Bonchev–Trinajstić information content (AvgIpc) is 2.66. The Hall–Kier alpha value is -0.800. The van der Waals surface area contributed by atoms with Crippen molar-refractivity contribution < 1.29 is 4.74 Å². The number of hydrogen-bond donors (Lipinski definition) is 1. The van der Waals surface area contributed by atoms with Crippen LogP contribution in [0.4, 0.5) is 0 Å². The van der Waals surface area contributed by atoms with E-state index in [9.17, 15) is 0 Å². The van der Waals surface area contributed by atoms with E-state index in [-0.39, 0.29) is 0 Å². The Morgan fingerprint density at radius 3 is 2.93 bits per heavy atom. The summed E-state index contributed by atoms with van der Waals surface area (Å²) in [7, 11) is 1.75. The Bertz CT molecular complexity index is 270. The van der Waals surface area contributed by atoms with Crippen LogP contribution >= 0.6 is 0 Å². The molecule has 1 N–H and O–H groups in total. The second-order valence-corrected chi connectivity index (χ2v) is 4.04. The van der Waals surface area contributed by atoms with Gasteiger partial charge in [-0.1, -0.05) is 6.92 Å². The highest BCUT2D eigenvalue weighted by Crippen LogP contribution is 2.01. The van der Waals surface area contributed by atoms with Gasteiger partial charge < -0.3 is 14.6 Å².